The molecule has 84 valence electrons. The Kier molecular flexibility index (Phi) is 2.90. The Bertz CT molecular complexity index is 411. The highest BCUT2D eigenvalue weighted by molar-refractivity contribution is 6.38. The molecule has 1 fully saturated rings. The van der Waals surface area contributed by atoms with E-state index in [1.165, 1.54) is 10.5 Å². The lowest BCUT2D eigenvalue weighted by atomic mass is 10.1. The van der Waals surface area contributed by atoms with E-state index in [4.69, 9.17) is 0 Å². The second kappa shape index (κ2) is 4.35. The van der Waals surface area contributed by atoms with Crippen LogP contribution in [0.2, 0.25) is 0 Å². The Morgan fingerprint density at radius 1 is 1.25 bits per heavy atom. The zero-order chi connectivity index (χ0) is 11.5. The Morgan fingerprint density at radius 3 is 2.56 bits per heavy atom. The molecule has 0 saturated carbocycles. The quantitative estimate of drug-likeness (QED) is 0.553. The number of ether oxygens (including phenoxy) is 1. The number of esters is 1. The molecule has 1 aliphatic heterocycles. The van der Waals surface area contributed by atoms with Crippen LogP contribution in [0, 0.1) is 0 Å². The molecule has 0 aliphatic carbocycles. The minimum absolute atomic E-state index is 0.264. The molecule has 0 atom stereocenters. The molecule has 1 saturated heterocycles. The van der Waals surface area contributed by atoms with E-state index in [-0.39, 0.29) is 6.61 Å². The highest BCUT2D eigenvalue weighted by Gasteiger charge is 2.28. The fourth-order valence-electron chi connectivity index (χ4n) is 1.66. The van der Waals surface area contributed by atoms with Crippen molar-refractivity contribution in [1.82, 2.24) is 0 Å². The molecule has 1 aromatic rings. The Labute approximate surface area is 93.8 Å². The van der Waals surface area contributed by atoms with E-state index in [0.717, 1.165) is 12.1 Å². The van der Waals surface area contributed by atoms with Gasteiger partial charge in [-0.1, -0.05) is 19.1 Å². The third-order valence-electron chi connectivity index (χ3n) is 2.62. The fraction of sp³-hybridized carbons (Fsp3) is 0.333. The van der Waals surface area contributed by atoms with Crippen LogP contribution in [0.4, 0.5) is 5.69 Å². The van der Waals surface area contributed by atoms with Gasteiger partial charge >= 0.3 is 11.9 Å². The van der Waals surface area contributed by atoms with E-state index >= 15 is 0 Å². The van der Waals surface area contributed by atoms with Gasteiger partial charge in [0, 0.05) is 5.69 Å². The molecule has 16 heavy (non-hydrogen) atoms. The van der Waals surface area contributed by atoms with Crippen LogP contribution >= 0.6 is 0 Å². The van der Waals surface area contributed by atoms with Crippen LogP contribution in [0.5, 0.6) is 0 Å². The summed E-state index contributed by atoms with van der Waals surface area (Å²) in [6.45, 7) is 2.76. The summed E-state index contributed by atoms with van der Waals surface area (Å²) in [6.07, 6.45) is 0.955. The largest absolute Gasteiger partial charge is 0.457 e. The molecule has 4 nitrogen and oxygen atoms in total. The first-order valence-electron chi connectivity index (χ1n) is 5.30. The lowest BCUT2D eigenvalue weighted by Crippen LogP contribution is -2.45. The second-order valence-corrected chi connectivity index (χ2v) is 3.61. The maximum atomic E-state index is 11.5. The number of hydrogen-bond donors (Lipinski definition) is 0. The van der Waals surface area contributed by atoms with Crippen molar-refractivity contribution in [3.8, 4) is 0 Å². The monoisotopic (exact) mass is 219 g/mol. The predicted molar refractivity (Wildman–Crippen MR) is 59.1 cm³/mol. The number of carbonyl (C=O) groups is 2. The van der Waals surface area contributed by atoms with Gasteiger partial charge in [-0.2, -0.15) is 0 Å². The van der Waals surface area contributed by atoms with Crippen molar-refractivity contribution in [3.05, 3.63) is 29.8 Å². The molecule has 0 aromatic heterocycles. The summed E-state index contributed by atoms with van der Waals surface area (Å²) < 4.78 is 4.66. The first-order valence-corrected chi connectivity index (χ1v) is 5.30. The van der Waals surface area contributed by atoms with Crippen LogP contribution in [0.1, 0.15) is 12.5 Å². The maximum absolute atomic E-state index is 11.5. The summed E-state index contributed by atoms with van der Waals surface area (Å²) in [5, 5.41) is 0. The highest BCUT2D eigenvalue weighted by Crippen LogP contribution is 2.17. The zero-order valence-corrected chi connectivity index (χ0v) is 9.10. The maximum Gasteiger partial charge on any atom is 0.397 e. The number of nitrogens with zero attached hydrogens (tertiary/aromatic N) is 1. The first-order chi connectivity index (χ1) is 7.72. The summed E-state index contributed by atoms with van der Waals surface area (Å²) in [7, 11) is 0. The molecule has 0 spiro atoms. The average molecular weight is 219 g/mol. The third kappa shape index (κ3) is 1.91. The zero-order valence-electron chi connectivity index (χ0n) is 9.10. The molecule has 1 aromatic carbocycles. The van der Waals surface area contributed by atoms with Gasteiger partial charge in [0.25, 0.3) is 0 Å². The van der Waals surface area contributed by atoms with E-state index in [0.29, 0.717) is 6.54 Å². The SMILES string of the molecule is CCc1ccc(N2CCOC(=O)C2=O)cc1. The Hall–Kier alpha value is -1.84. The normalized spacial score (nSPS) is 16.2. The molecule has 1 aliphatic rings. The topological polar surface area (TPSA) is 46.6 Å². The van der Waals surface area contributed by atoms with Crippen LogP contribution in [0.15, 0.2) is 24.3 Å². The third-order valence-corrected chi connectivity index (χ3v) is 2.62. The molecule has 0 unspecified atom stereocenters. The van der Waals surface area contributed by atoms with Crippen molar-refractivity contribution in [1.29, 1.82) is 0 Å². The van der Waals surface area contributed by atoms with Crippen LogP contribution in [0.25, 0.3) is 0 Å². The molecule has 0 radical (unpaired) electrons. The van der Waals surface area contributed by atoms with Crippen molar-refractivity contribution in [2.45, 2.75) is 13.3 Å². The smallest absolute Gasteiger partial charge is 0.397 e. The number of carbonyl (C=O) groups excluding carboxylic acids is 2. The van der Waals surface area contributed by atoms with Crippen molar-refractivity contribution >= 4 is 17.6 Å². The molecule has 0 N–H and O–H groups in total. The number of amides is 1. The van der Waals surface area contributed by atoms with Gasteiger partial charge in [0.2, 0.25) is 0 Å². The number of aryl methyl sites for hydroxylation is 1. The summed E-state index contributed by atoms with van der Waals surface area (Å²) in [4.78, 5) is 24.1. The van der Waals surface area contributed by atoms with Crippen LogP contribution in [-0.4, -0.2) is 25.0 Å². The van der Waals surface area contributed by atoms with E-state index in [2.05, 4.69) is 11.7 Å². The van der Waals surface area contributed by atoms with Crippen LogP contribution in [0.3, 0.4) is 0 Å². The van der Waals surface area contributed by atoms with E-state index in [1.54, 1.807) is 0 Å². The number of hydrogen-bond acceptors (Lipinski definition) is 3. The van der Waals surface area contributed by atoms with Gasteiger partial charge in [0.1, 0.15) is 6.61 Å². The van der Waals surface area contributed by atoms with E-state index in [1.807, 2.05) is 24.3 Å². The first kappa shape index (κ1) is 10.7. The summed E-state index contributed by atoms with van der Waals surface area (Å²) in [5.41, 5.74) is 1.95. The van der Waals surface area contributed by atoms with E-state index in [9.17, 15) is 9.59 Å². The number of anilines is 1. The Morgan fingerprint density at radius 2 is 1.94 bits per heavy atom. The van der Waals surface area contributed by atoms with Gasteiger partial charge in [-0.05, 0) is 24.1 Å². The molecule has 1 heterocycles. The van der Waals surface area contributed by atoms with Gasteiger partial charge in [-0.3, -0.25) is 9.69 Å². The summed E-state index contributed by atoms with van der Waals surface area (Å²) in [5.74, 6) is -1.36. The number of cyclic esters (lactones) is 1. The molecular formula is C12H13NO3. The lowest BCUT2D eigenvalue weighted by Gasteiger charge is -2.25. The van der Waals surface area contributed by atoms with Crippen molar-refractivity contribution in [2.24, 2.45) is 0 Å². The summed E-state index contributed by atoms with van der Waals surface area (Å²) in [6, 6.07) is 7.63. The predicted octanol–water partition coefficient (Wildman–Crippen LogP) is 1.14. The minimum Gasteiger partial charge on any atom is -0.457 e. The van der Waals surface area contributed by atoms with Crippen molar-refractivity contribution < 1.29 is 14.3 Å². The van der Waals surface area contributed by atoms with Gasteiger partial charge in [0.15, 0.2) is 0 Å². The minimum atomic E-state index is -0.772. The van der Waals surface area contributed by atoms with Crippen LogP contribution in [-0.2, 0) is 20.7 Å². The Balaban J connectivity index is 2.22. The molecule has 1 amide bonds. The van der Waals surface area contributed by atoms with E-state index < -0.39 is 11.9 Å². The average Bonchev–Trinajstić information content (AvgIpc) is 2.33. The summed E-state index contributed by atoms with van der Waals surface area (Å²) >= 11 is 0. The van der Waals surface area contributed by atoms with Gasteiger partial charge in [-0.15, -0.1) is 0 Å². The van der Waals surface area contributed by atoms with Gasteiger partial charge < -0.3 is 4.74 Å². The lowest BCUT2D eigenvalue weighted by molar-refractivity contribution is -0.156. The van der Waals surface area contributed by atoms with Crippen molar-refractivity contribution in [2.75, 3.05) is 18.1 Å². The standard InChI is InChI=1S/C12H13NO3/c1-2-9-3-5-10(6-4-9)13-7-8-16-12(15)11(13)14/h3-6H,2,7-8H2,1H3. The second-order valence-electron chi connectivity index (χ2n) is 3.61. The molecular weight excluding hydrogens is 206 g/mol. The number of rotatable bonds is 2. The van der Waals surface area contributed by atoms with Gasteiger partial charge in [-0.25, -0.2) is 4.79 Å². The highest BCUT2D eigenvalue weighted by atomic mass is 16.5. The fourth-order valence-corrected chi connectivity index (χ4v) is 1.66. The number of morpholine rings is 1. The molecule has 0 bridgehead atoms. The van der Waals surface area contributed by atoms with Crippen LogP contribution < -0.4 is 4.90 Å². The van der Waals surface area contributed by atoms with Crippen molar-refractivity contribution in [3.63, 3.8) is 0 Å². The van der Waals surface area contributed by atoms with Gasteiger partial charge in [0.05, 0.1) is 6.54 Å². The molecule has 4 heteroatoms. The molecule has 2 rings (SSSR count). The number of benzene rings is 1.